The van der Waals surface area contributed by atoms with E-state index in [4.69, 9.17) is 0 Å². The van der Waals surface area contributed by atoms with E-state index in [1.807, 2.05) is 0 Å². The van der Waals surface area contributed by atoms with Crippen LogP contribution in [0.5, 0.6) is 0 Å². The number of H-pyrrole nitrogens is 1. The highest BCUT2D eigenvalue weighted by molar-refractivity contribution is 5.32. The van der Waals surface area contributed by atoms with Crippen LogP contribution in [-0.2, 0) is 6.42 Å². The van der Waals surface area contributed by atoms with Gasteiger partial charge in [-0.05, 0) is 26.3 Å². The van der Waals surface area contributed by atoms with Crippen LogP contribution in [0.4, 0.5) is 5.95 Å². The zero-order valence-corrected chi connectivity index (χ0v) is 12.9. The predicted molar refractivity (Wildman–Crippen MR) is 84.6 cm³/mol. The fraction of sp³-hybridized carbons (Fsp3) is 0.500. The smallest absolute Gasteiger partial charge is 0.244 e. The van der Waals surface area contributed by atoms with E-state index in [2.05, 4.69) is 70.4 Å². The Bertz CT molecular complexity index is 596. The van der Waals surface area contributed by atoms with Gasteiger partial charge in [-0.15, -0.1) is 5.10 Å². The van der Waals surface area contributed by atoms with Crippen molar-refractivity contribution in [3.8, 4) is 0 Å². The molecule has 112 valence electrons. The van der Waals surface area contributed by atoms with Crippen LogP contribution in [0.3, 0.4) is 0 Å². The number of aryl methyl sites for hydroxylation is 1. The first-order valence-corrected chi connectivity index (χ1v) is 7.58. The number of piperazine rings is 1. The van der Waals surface area contributed by atoms with E-state index in [1.54, 1.807) is 0 Å². The lowest BCUT2D eigenvalue weighted by molar-refractivity contribution is 0.403. The lowest BCUT2D eigenvalue weighted by atomic mass is 10.1. The van der Waals surface area contributed by atoms with Crippen LogP contribution in [0.15, 0.2) is 24.3 Å². The molecule has 2 aromatic rings. The fourth-order valence-electron chi connectivity index (χ4n) is 3.01. The molecule has 1 saturated heterocycles. The highest BCUT2D eigenvalue weighted by Gasteiger charge is 2.23. The molecule has 0 spiro atoms. The minimum atomic E-state index is 0.465. The molecular weight excluding hydrogens is 262 g/mol. The van der Waals surface area contributed by atoms with E-state index >= 15 is 0 Å². The first kappa shape index (κ1) is 14.1. The minimum Gasteiger partial charge on any atom is -0.336 e. The maximum atomic E-state index is 4.66. The molecule has 2 atom stereocenters. The molecule has 1 aromatic carbocycles. The average molecular weight is 285 g/mol. The van der Waals surface area contributed by atoms with E-state index < -0.39 is 0 Å². The Labute approximate surface area is 125 Å². The molecule has 3 rings (SSSR count). The van der Waals surface area contributed by atoms with Gasteiger partial charge in [0, 0.05) is 31.6 Å². The van der Waals surface area contributed by atoms with Gasteiger partial charge in [-0.25, -0.2) is 0 Å². The lowest BCUT2D eigenvalue weighted by Gasteiger charge is -2.35. The van der Waals surface area contributed by atoms with Crippen molar-refractivity contribution in [3.63, 3.8) is 0 Å². The maximum Gasteiger partial charge on any atom is 0.244 e. The van der Waals surface area contributed by atoms with Crippen molar-refractivity contribution >= 4 is 5.95 Å². The van der Waals surface area contributed by atoms with E-state index in [-0.39, 0.29) is 0 Å². The Balaban J connectivity index is 1.71. The lowest BCUT2D eigenvalue weighted by Crippen LogP contribution is -2.54. The van der Waals surface area contributed by atoms with Crippen molar-refractivity contribution in [3.05, 3.63) is 41.2 Å². The molecule has 0 aliphatic carbocycles. The number of hydrogen-bond donors (Lipinski definition) is 2. The SMILES string of the molecule is Cc1cccc(Cc2nc(N3CC(C)NC(C)C3)n[nH]2)c1. The fourth-order valence-corrected chi connectivity index (χ4v) is 3.01. The minimum absolute atomic E-state index is 0.465. The number of hydrogen-bond acceptors (Lipinski definition) is 4. The Morgan fingerprint density at radius 2 is 2.00 bits per heavy atom. The van der Waals surface area contributed by atoms with E-state index in [1.165, 1.54) is 11.1 Å². The van der Waals surface area contributed by atoms with Gasteiger partial charge in [-0.2, -0.15) is 4.98 Å². The van der Waals surface area contributed by atoms with Crippen molar-refractivity contribution in [2.24, 2.45) is 0 Å². The second kappa shape index (κ2) is 5.85. The summed E-state index contributed by atoms with van der Waals surface area (Å²) in [5.41, 5.74) is 2.54. The molecule has 2 heterocycles. The first-order chi connectivity index (χ1) is 10.1. The quantitative estimate of drug-likeness (QED) is 0.904. The van der Waals surface area contributed by atoms with Gasteiger partial charge in [-0.1, -0.05) is 29.8 Å². The summed E-state index contributed by atoms with van der Waals surface area (Å²) in [6.07, 6.45) is 0.797. The van der Waals surface area contributed by atoms with E-state index in [9.17, 15) is 0 Å². The van der Waals surface area contributed by atoms with Gasteiger partial charge >= 0.3 is 0 Å². The van der Waals surface area contributed by atoms with Gasteiger partial charge in [-0.3, -0.25) is 5.10 Å². The molecule has 21 heavy (non-hydrogen) atoms. The molecule has 5 nitrogen and oxygen atoms in total. The largest absolute Gasteiger partial charge is 0.336 e. The highest BCUT2D eigenvalue weighted by atomic mass is 15.4. The van der Waals surface area contributed by atoms with Crippen LogP contribution in [-0.4, -0.2) is 40.4 Å². The van der Waals surface area contributed by atoms with Crippen LogP contribution in [0.25, 0.3) is 0 Å². The summed E-state index contributed by atoms with van der Waals surface area (Å²) < 4.78 is 0. The topological polar surface area (TPSA) is 56.8 Å². The molecule has 2 N–H and O–H groups in total. The average Bonchev–Trinajstić information content (AvgIpc) is 2.86. The van der Waals surface area contributed by atoms with Crippen molar-refractivity contribution in [1.82, 2.24) is 20.5 Å². The zero-order valence-electron chi connectivity index (χ0n) is 12.9. The number of rotatable bonds is 3. The van der Waals surface area contributed by atoms with Gasteiger partial charge in [0.15, 0.2) is 0 Å². The Morgan fingerprint density at radius 3 is 2.71 bits per heavy atom. The number of aromatic nitrogens is 3. The van der Waals surface area contributed by atoms with E-state index in [0.717, 1.165) is 31.3 Å². The van der Waals surface area contributed by atoms with Gasteiger partial charge < -0.3 is 10.2 Å². The molecule has 1 aromatic heterocycles. The summed E-state index contributed by atoms with van der Waals surface area (Å²) in [6.45, 7) is 8.41. The van der Waals surface area contributed by atoms with Crippen LogP contribution in [0.2, 0.25) is 0 Å². The second-order valence-electron chi connectivity index (χ2n) is 6.12. The predicted octanol–water partition coefficient (Wildman–Crippen LogP) is 1.89. The molecule has 0 bridgehead atoms. The van der Waals surface area contributed by atoms with Crippen molar-refractivity contribution in [2.45, 2.75) is 39.3 Å². The van der Waals surface area contributed by atoms with Gasteiger partial charge in [0.1, 0.15) is 5.82 Å². The zero-order chi connectivity index (χ0) is 14.8. The molecule has 2 unspecified atom stereocenters. The second-order valence-corrected chi connectivity index (χ2v) is 6.12. The standard InChI is InChI=1S/C16H23N5/c1-11-5-4-6-14(7-11)8-15-18-16(20-19-15)21-9-12(2)17-13(3)10-21/h4-7,12-13,17H,8-10H2,1-3H3,(H,18,19,20). The van der Waals surface area contributed by atoms with Crippen molar-refractivity contribution in [1.29, 1.82) is 0 Å². The molecule has 1 aliphatic rings. The number of anilines is 1. The summed E-state index contributed by atoms with van der Waals surface area (Å²) >= 11 is 0. The highest BCUT2D eigenvalue weighted by Crippen LogP contribution is 2.14. The maximum absolute atomic E-state index is 4.66. The molecule has 0 saturated carbocycles. The summed E-state index contributed by atoms with van der Waals surface area (Å²) in [5.74, 6) is 1.74. The third kappa shape index (κ3) is 3.42. The molecular formula is C16H23N5. The number of nitrogens with zero attached hydrogens (tertiary/aromatic N) is 3. The van der Waals surface area contributed by atoms with Crippen molar-refractivity contribution in [2.75, 3.05) is 18.0 Å². The summed E-state index contributed by atoms with van der Waals surface area (Å²) in [5, 5.41) is 11.0. The summed E-state index contributed by atoms with van der Waals surface area (Å²) in [7, 11) is 0. The van der Waals surface area contributed by atoms with Crippen LogP contribution in [0, 0.1) is 6.92 Å². The molecule has 1 fully saturated rings. The Morgan fingerprint density at radius 1 is 1.24 bits per heavy atom. The third-order valence-corrected chi connectivity index (χ3v) is 3.81. The number of benzene rings is 1. The Hall–Kier alpha value is -1.88. The summed E-state index contributed by atoms with van der Waals surface area (Å²) in [4.78, 5) is 6.91. The normalized spacial score (nSPS) is 22.5. The number of nitrogens with one attached hydrogen (secondary N) is 2. The Kier molecular flexibility index (Phi) is 3.92. The molecule has 5 heteroatoms. The summed E-state index contributed by atoms with van der Waals surface area (Å²) in [6, 6.07) is 9.45. The van der Waals surface area contributed by atoms with Gasteiger partial charge in [0.25, 0.3) is 0 Å². The molecule has 0 radical (unpaired) electrons. The third-order valence-electron chi connectivity index (χ3n) is 3.81. The molecule has 1 aliphatic heterocycles. The first-order valence-electron chi connectivity index (χ1n) is 7.58. The van der Waals surface area contributed by atoms with E-state index in [0.29, 0.717) is 12.1 Å². The van der Waals surface area contributed by atoms with Crippen molar-refractivity contribution < 1.29 is 0 Å². The van der Waals surface area contributed by atoms with Gasteiger partial charge in [0.05, 0.1) is 0 Å². The monoisotopic (exact) mass is 285 g/mol. The van der Waals surface area contributed by atoms with Crippen LogP contribution in [0.1, 0.15) is 30.8 Å². The number of aromatic amines is 1. The van der Waals surface area contributed by atoms with Gasteiger partial charge in [0.2, 0.25) is 5.95 Å². The van der Waals surface area contributed by atoms with Crippen LogP contribution >= 0.6 is 0 Å². The molecule has 0 amide bonds. The van der Waals surface area contributed by atoms with Crippen LogP contribution < -0.4 is 10.2 Å².